The summed E-state index contributed by atoms with van der Waals surface area (Å²) in [7, 11) is 0. The minimum absolute atomic E-state index is 0.632. The Balaban J connectivity index is 2.00. The van der Waals surface area contributed by atoms with Crippen LogP contribution in [0.4, 0.5) is 0 Å². The molecule has 1 N–H and O–H groups in total. The highest BCUT2D eigenvalue weighted by Gasteiger charge is 2.24. The molecule has 0 amide bonds. The molecule has 3 rings (SSSR count). The van der Waals surface area contributed by atoms with Crippen LogP contribution in [0.3, 0.4) is 0 Å². The number of aliphatic carboxylic acids is 1. The summed E-state index contributed by atoms with van der Waals surface area (Å²) < 4.78 is 0. The van der Waals surface area contributed by atoms with Crippen molar-refractivity contribution in [3.63, 3.8) is 0 Å². The lowest BCUT2D eigenvalue weighted by Crippen LogP contribution is -1.89. The average molecular weight is 239 g/mol. The molecule has 1 aromatic heterocycles. The minimum Gasteiger partial charge on any atom is -0.478 e. The molecule has 1 aromatic carbocycles. The Bertz CT molecular complexity index is 642. The van der Waals surface area contributed by atoms with Gasteiger partial charge in [-0.3, -0.25) is 4.98 Å². The van der Waals surface area contributed by atoms with Crippen LogP contribution in [0.25, 0.3) is 17.0 Å². The molecule has 2 aromatic rings. The lowest BCUT2D eigenvalue weighted by molar-refractivity contribution is -0.131. The summed E-state index contributed by atoms with van der Waals surface area (Å²) in [5, 5.41) is 9.70. The Morgan fingerprint density at radius 2 is 2.06 bits per heavy atom. The highest BCUT2D eigenvalue weighted by molar-refractivity contribution is 5.87. The third kappa shape index (κ3) is 2.25. The number of carboxylic acid groups (broad SMARTS) is 1. The van der Waals surface area contributed by atoms with Gasteiger partial charge < -0.3 is 5.11 Å². The first-order valence-electron chi connectivity index (χ1n) is 6.04. The van der Waals surface area contributed by atoms with E-state index in [1.165, 1.54) is 12.8 Å². The van der Waals surface area contributed by atoms with Crippen LogP contribution in [0.1, 0.15) is 30.0 Å². The van der Waals surface area contributed by atoms with Gasteiger partial charge in [0.2, 0.25) is 0 Å². The molecule has 1 fully saturated rings. The number of rotatable bonds is 3. The fourth-order valence-corrected chi connectivity index (χ4v) is 2.03. The molecule has 3 heteroatoms. The molecule has 18 heavy (non-hydrogen) atoms. The maximum absolute atomic E-state index is 10.5. The van der Waals surface area contributed by atoms with Gasteiger partial charge in [-0.15, -0.1) is 0 Å². The molecule has 0 radical (unpaired) electrons. The Morgan fingerprint density at radius 3 is 2.78 bits per heavy atom. The number of hydrogen-bond donors (Lipinski definition) is 1. The van der Waals surface area contributed by atoms with Crippen molar-refractivity contribution in [1.29, 1.82) is 0 Å². The normalized spacial score (nSPS) is 15.3. The number of pyridine rings is 1. The number of carbonyl (C=O) groups is 1. The summed E-state index contributed by atoms with van der Waals surface area (Å²) in [5.41, 5.74) is 2.96. The van der Waals surface area contributed by atoms with Gasteiger partial charge in [-0.05, 0) is 36.6 Å². The summed E-state index contributed by atoms with van der Waals surface area (Å²) in [6.07, 6.45) is 5.20. The van der Waals surface area contributed by atoms with E-state index in [1.807, 2.05) is 18.2 Å². The van der Waals surface area contributed by atoms with E-state index in [9.17, 15) is 4.79 Å². The summed E-state index contributed by atoms with van der Waals surface area (Å²) in [4.78, 5) is 15.1. The second kappa shape index (κ2) is 4.26. The van der Waals surface area contributed by atoms with E-state index in [4.69, 9.17) is 5.11 Å². The van der Waals surface area contributed by atoms with Crippen molar-refractivity contribution in [2.45, 2.75) is 18.8 Å². The van der Waals surface area contributed by atoms with Crippen molar-refractivity contribution >= 4 is 22.9 Å². The smallest absolute Gasteiger partial charge is 0.328 e. The van der Waals surface area contributed by atoms with Gasteiger partial charge in [0.25, 0.3) is 0 Å². The van der Waals surface area contributed by atoms with Gasteiger partial charge >= 0.3 is 5.97 Å². The van der Waals surface area contributed by atoms with Crippen molar-refractivity contribution in [1.82, 2.24) is 4.98 Å². The second-order valence-corrected chi connectivity index (χ2v) is 4.63. The van der Waals surface area contributed by atoms with Crippen LogP contribution in [-0.2, 0) is 4.79 Å². The molecule has 1 aliphatic rings. The number of carboxylic acids is 1. The molecule has 3 nitrogen and oxygen atoms in total. The summed E-state index contributed by atoms with van der Waals surface area (Å²) in [6, 6.07) is 9.98. The molecular weight excluding hydrogens is 226 g/mol. The summed E-state index contributed by atoms with van der Waals surface area (Å²) in [5.74, 6) is -0.303. The van der Waals surface area contributed by atoms with Crippen LogP contribution in [0.2, 0.25) is 0 Å². The van der Waals surface area contributed by atoms with Crippen LogP contribution in [-0.4, -0.2) is 16.1 Å². The van der Waals surface area contributed by atoms with Crippen LogP contribution in [0, 0.1) is 0 Å². The Kier molecular flexibility index (Phi) is 2.59. The molecule has 0 atom stereocenters. The first-order valence-corrected chi connectivity index (χ1v) is 6.04. The Hall–Kier alpha value is -2.16. The zero-order valence-corrected chi connectivity index (χ0v) is 9.84. The van der Waals surface area contributed by atoms with Gasteiger partial charge in [0, 0.05) is 23.1 Å². The van der Waals surface area contributed by atoms with Crippen LogP contribution >= 0.6 is 0 Å². The Morgan fingerprint density at radius 1 is 1.28 bits per heavy atom. The zero-order valence-electron chi connectivity index (χ0n) is 9.84. The van der Waals surface area contributed by atoms with Gasteiger partial charge in [0.05, 0.1) is 5.52 Å². The molecule has 0 bridgehead atoms. The fourth-order valence-electron chi connectivity index (χ4n) is 2.03. The number of fused-ring (bicyclic) bond motifs is 1. The van der Waals surface area contributed by atoms with Crippen molar-refractivity contribution in [3.05, 3.63) is 47.7 Å². The van der Waals surface area contributed by atoms with Gasteiger partial charge in [0.15, 0.2) is 0 Å². The Labute approximate surface area is 105 Å². The SMILES string of the molecule is O=C(O)/C=C/c1ccc2ccc(C3CC3)nc2c1. The molecular formula is C15H13NO2. The molecule has 90 valence electrons. The van der Waals surface area contributed by atoms with E-state index in [1.54, 1.807) is 6.08 Å². The number of benzene rings is 1. The number of hydrogen-bond acceptors (Lipinski definition) is 2. The third-order valence-corrected chi connectivity index (χ3v) is 3.15. The van der Waals surface area contributed by atoms with E-state index in [0.717, 1.165) is 28.2 Å². The highest BCUT2D eigenvalue weighted by Crippen LogP contribution is 2.39. The topological polar surface area (TPSA) is 50.2 Å². The fraction of sp³-hybridized carbons (Fsp3) is 0.200. The molecule has 0 unspecified atom stereocenters. The van der Waals surface area contributed by atoms with Gasteiger partial charge in [0.1, 0.15) is 0 Å². The lowest BCUT2D eigenvalue weighted by Gasteiger charge is -2.02. The van der Waals surface area contributed by atoms with Gasteiger partial charge in [-0.1, -0.05) is 18.2 Å². The van der Waals surface area contributed by atoms with E-state index in [0.29, 0.717) is 5.92 Å². The van der Waals surface area contributed by atoms with Crippen molar-refractivity contribution in [3.8, 4) is 0 Å². The van der Waals surface area contributed by atoms with Crippen LogP contribution < -0.4 is 0 Å². The summed E-state index contributed by atoms with van der Waals surface area (Å²) in [6.45, 7) is 0. The maximum Gasteiger partial charge on any atom is 0.328 e. The third-order valence-electron chi connectivity index (χ3n) is 3.15. The quantitative estimate of drug-likeness (QED) is 0.837. The van der Waals surface area contributed by atoms with Crippen molar-refractivity contribution in [2.24, 2.45) is 0 Å². The number of aromatic nitrogens is 1. The van der Waals surface area contributed by atoms with Gasteiger partial charge in [-0.25, -0.2) is 4.79 Å². The second-order valence-electron chi connectivity index (χ2n) is 4.63. The average Bonchev–Trinajstić information content (AvgIpc) is 3.19. The molecule has 1 aliphatic carbocycles. The molecule has 1 saturated carbocycles. The maximum atomic E-state index is 10.5. The van der Waals surface area contributed by atoms with Crippen LogP contribution in [0.5, 0.6) is 0 Å². The monoisotopic (exact) mass is 239 g/mol. The number of nitrogens with zero attached hydrogens (tertiary/aromatic N) is 1. The van der Waals surface area contributed by atoms with E-state index < -0.39 is 5.97 Å². The van der Waals surface area contributed by atoms with E-state index >= 15 is 0 Å². The minimum atomic E-state index is -0.935. The highest BCUT2D eigenvalue weighted by atomic mass is 16.4. The molecule has 0 spiro atoms. The molecule has 0 saturated heterocycles. The van der Waals surface area contributed by atoms with E-state index in [-0.39, 0.29) is 0 Å². The van der Waals surface area contributed by atoms with Crippen molar-refractivity contribution in [2.75, 3.05) is 0 Å². The lowest BCUT2D eigenvalue weighted by atomic mass is 10.1. The van der Waals surface area contributed by atoms with Crippen LogP contribution in [0.15, 0.2) is 36.4 Å². The summed E-state index contributed by atoms with van der Waals surface area (Å²) >= 11 is 0. The zero-order chi connectivity index (χ0) is 12.5. The first kappa shape index (κ1) is 11.0. The van der Waals surface area contributed by atoms with E-state index in [2.05, 4.69) is 17.1 Å². The predicted molar refractivity (Wildman–Crippen MR) is 70.4 cm³/mol. The van der Waals surface area contributed by atoms with Crippen molar-refractivity contribution < 1.29 is 9.90 Å². The standard InChI is InChI=1S/C15H13NO2/c17-15(18)8-2-10-1-3-12-6-7-13(11-4-5-11)16-14(12)9-10/h1-3,6-9,11H,4-5H2,(H,17,18)/b8-2+. The predicted octanol–water partition coefficient (Wildman–Crippen LogP) is 3.21. The first-order chi connectivity index (χ1) is 8.72. The largest absolute Gasteiger partial charge is 0.478 e. The molecule has 1 heterocycles. The van der Waals surface area contributed by atoms with Gasteiger partial charge in [-0.2, -0.15) is 0 Å². The molecule has 0 aliphatic heterocycles.